The molecule has 0 bridgehead atoms. The van der Waals surface area contributed by atoms with Crippen LogP contribution in [-0.2, 0) is 16.0 Å². The van der Waals surface area contributed by atoms with Crippen molar-refractivity contribution in [3.05, 3.63) is 70.7 Å². The van der Waals surface area contributed by atoms with Crippen molar-refractivity contribution in [1.29, 1.82) is 0 Å². The van der Waals surface area contributed by atoms with E-state index in [2.05, 4.69) is 10.9 Å². The lowest BCUT2D eigenvalue weighted by molar-refractivity contribution is -0.129. The number of benzene rings is 2. The highest BCUT2D eigenvalue weighted by Gasteiger charge is 2.19. The summed E-state index contributed by atoms with van der Waals surface area (Å²) in [5.41, 5.74) is 6.80. The number of amides is 2. The molecule has 1 atom stereocenters. The minimum absolute atomic E-state index is 0.182. The van der Waals surface area contributed by atoms with E-state index in [0.29, 0.717) is 5.02 Å². The van der Waals surface area contributed by atoms with Crippen molar-refractivity contribution >= 4 is 23.4 Å². The second-order valence-electron chi connectivity index (χ2n) is 5.59. The Morgan fingerprint density at radius 1 is 1.00 bits per heavy atom. The molecule has 0 aliphatic heterocycles. The molecule has 2 N–H and O–H groups in total. The van der Waals surface area contributed by atoms with Crippen molar-refractivity contribution in [3.8, 4) is 0 Å². The summed E-state index contributed by atoms with van der Waals surface area (Å²) in [5, 5.41) is 0.623. The second-order valence-corrected chi connectivity index (χ2v) is 6.03. The Labute approximate surface area is 147 Å². The largest absolute Gasteiger partial charge is 0.273 e. The summed E-state index contributed by atoms with van der Waals surface area (Å²) in [5.74, 6) is -0.742. The highest BCUT2D eigenvalue weighted by molar-refractivity contribution is 6.30. The van der Waals surface area contributed by atoms with Crippen LogP contribution in [0.15, 0.2) is 54.6 Å². The highest BCUT2D eigenvalue weighted by atomic mass is 35.5. The maximum Gasteiger partial charge on any atom is 0.245 e. The minimum Gasteiger partial charge on any atom is -0.273 e. The fraction of sp³-hybridized carbons (Fsp3) is 0.263. The average Bonchev–Trinajstić information content (AvgIpc) is 2.60. The number of rotatable bonds is 6. The van der Waals surface area contributed by atoms with Crippen LogP contribution >= 0.6 is 11.6 Å². The molecule has 0 saturated heterocycles. The van der Waals surface area contributed by atoms with Gasteiger partial charge in [-0.1, -0.05) is 67.4 Å². The number of hydrogen-bond donors (Lipinski definition) is 2. The zero-order valence-corrected chi connectivity index (χ0v) is 14.3. The van der Waals surface area contributed by atoms with Gasteiger partial charge in [0.05, 0.1) is 12.3 Å². The Morgan fingerprint density at radius 3 is 2.29 bits per heavy atom. The first kappa shape index (κ1) is 18.0. The van der Waals surface area contributed by atoms with Crippen LogP contribution in [0.3, 0.4) is 0 Å². The molecule has 24 heavy (non-hydrogen) atoms. The fourth-order valence-corrected chi connectivity index (χ4v) is 2.60. The SMILES string of the molecule is CCCC(C(=O)NNC(=O)Cc1ccc(Cl)cc1)c1ccccc1. The Bertz CT molecular complexity index is 672. The zero-order chi connectivity index (χ0) is 17.4. The van der Waals surface area contributed by atoms with Crippen LogP contribution in [0.1, 0.15) is 36.8 Å². The third kappa shape index (κ3) is 5.39. The molecule has 0 radical (unpaired) electrons. The van der Waals surface area contributed by atoms with E-state index >= 15 is 0 Å². The molecule has 126 valence electrons. The Morgan fingerprint density at radius 2 is 1.67 bits per heavy atom. The molecular weight excluding hydrogens is 324 g/mol. The average molecular weight is 345 g/mol. The molecule has 5 heteroatoms. The lowest BCUT2D eigenvalue weighted by Gasteiger charge is -2.17. The Kier molecular flexibility index (Phi) is 6.82. The smallest absolute Gasteiger partial charge is 0.245 e. The number of nitrogens with one attached hydrogen (secondary N) is 2. The first-order valence-corrected chi connectivity index (χ1v) is 8.36. The van der Waals surface area contributed by atoms with E-state index < -0.39 is 0 Å². The van der Waals surface area contributed by atoms with E-state index in [1.165, 1.54) is 0 Å². The molecule has 4 nitrogen and oxygen atoms in total. The van der Waals surface area contributed by atoms with Crippen molar-refractivity contribution in [2.24, 2.45) is 0 Å². The van der Waals surface area contributed by atoms with Gasteiger partial charge < -0.3 is 0 Å². The molecule has 0 aliphatic carbocycles. The van der Waals surface area contributed by atoms with Crippen LogP contribution < -0.4 is 10.9 Å². The first-order valence-electron chi connectivity index (χ1n) is 7.98. The number of carbonyl (C=O) groups is 2. The van der Waals surface area contributed by atoms with Gasteiger partial charge in [-0.3, -0.25) is 20.4 Å². The van der Waals surface area contributed by atoms with E-state index in [1.807, 2.05) is 37.3 Å². The van der Waals surface area contributed by atoms with Gasteiger partial charge in [0.25, 0.3) is 0 Å². The fourth-order valence-electron chi connectivity index (χ4n) is 2.47. The quantitative estimate of drug-likeness (QED) is 0.786. The number of halogens is 1. The Hall–Kier alpha value is -2.33. The predicted molar refractivity (Wildman–Crippen MR) is 95.5 cm³/mol. The molecule has 0 heterocycles. The van der Waals surface area contributed by atoms with Crippen molar-refractivity contribution < 1.29 is 9.59 Å². The van der Waals surface area contributed by atoms with E-state index in [9.17, 15) is 9.59 Å². The number of carbonyl (C=O) groups excluding carboxylic acids is 2. The summed E-state index contributed by atoms with van der Waals surface area (Å²) in [7, 11) is 0. The maximum atomic E-state index is 12.4. The van der Waals surface area contributed by atoms with Crippen LogP contribution in [0.25, 0.3) is 0 Å². The van der Waals surface area contributed by atoms with Gasteiger partial charge in [-0.2, -0.15) is 0 Å². The summed E-state index contributed by atoms with van der Waals surface area (Å²) in [6, 6.07) is 16.6. The van der Waals surface area contributed by atoms with Gasteiger partial charge in [-0.15, -0.1) is 0 Å². The van der Waals surface area contributed by atoms with E-state index in [-0.39, 0.29) is 24.2 Å². The minimum atomic E-state index is -0.271. The van der Waals surface area contributed by atoms with Gasteiger partial charge in [0.1, 0.15) is 0 Å². The third-order valence-electron chi connectivity index (χ3n) is 3.70. The molecule has 0 saturated carbocycles. The first-order chi connectivity index (χ1) is 11.6. The summed E-state index contributed by atoms with van der Waals surface area (Å²) < 4.78 is 0. The van der Waals surface area contributed by atoms with Gasteiger partial charge in [-0.05, 0) is 29.7 Å². The van der Waals surface area contributed by atoms with Gasteiger partial charge >= 0.3 is 0 Å². The van der Waals surface area contributed by atoms with Gasteiger partial charge in [0.15, 0.2) is 0 Å². The molecule has 0 aliphatic rings. The van der Waals surface area contributed by atoms with E-state index in [1.54, 1.807) is 24.3 Å². The standard InChI is InChI=1S/C19H21ClN2O2/c1-2-6-17(15-7-4-3-5-8-15)19(24)22-21-18(23)13-14-9-11-16(20)12-10-14/h3-5,7-12,17H,2,6,13H2,1H3,(H,21,23)(H,22,24). The van der Waals surface area contributed by atoms with Gasteiger partial charge in [0.2, 0.25) is 11.8 Å². The molecule has 1 unspecified atom stereocenters. The molecule has 2 aromatic rings. The molecule has 2 rings (SSSR count). The molecular formula is C19H21ClN2O2. The highest BCUT2D eigenvalue weighted by Crippen LogP contribution is 2.21. The van der Waals surface area contributed by atoms with Crippen molar-refractivity contribution in [2.75, 3.05) is 0 Å². The normalized spacial score (nSPS) is 11.6. The van der Waals surface area contributed by atoms with E-state index in [4.69, 9.17) is 11.6 Å². The monoisotopic (exact) mass is 344 g/mol. The maximum absolute atomic E-state index is 12.4. The molecule has 0 spiro atoms. The third-order valence-corrected chi connectivity index (χ3v) is 3.95. The van der Waals surface area contributed by atoms with Crippen LogP contribution in [0.2, 0.25) is 5.02 Å². The zero-order valence-electron chi connectivity index (χ0n) is 13.6. The molecule has 0 aromatic heterocycles. The van der Waals surface area contributed by atoms with Crippen LogP contribution in [0.4, 0.5) is 0 Å². The second kappa shape index (κ2) is 9.08. The van der Waals surface area contributed by atoms with Crippen molar-refractivity contribution in [2.45, 2.75) is 32.1 Å². The van der Waals surface area contributed by atoms with Gasteiger partial charge in [0, 0.05) is 5.02 Å². The number of hydrogen-bond acceptors (Lipinski definition) is 2. The lowest BCUT2D eigenvalue weighted by Crippen LogP contribution is -2.44. The summed E-state index contributed by atoms with van der Waals surface area (Å²) in [4.78, 5) is 24.4. The predicted octanol–water partition coefficient (Wildman–Crippen LogP) is 3.61. The lowest BCUT2D eigenvalue weighted by atomic mass is 9.94. The molecule has 2 aromatic carbocycles. The van der Waals surface area contributed by atoms with E-state index in [0.717, 1.165) is 24.0 Å². The molecule has 2 amide bonds. The summed E-state index contributed by atoms with van der Waals surface area (Å²) >= 11 is 5.82. The summed E-state index contributed by atoms with van der Waals surface area (Å²) in [6.45, 7) is 2.03. The van der Waals surface area contributed by atoms with Crippen molar-refractivity contribution in [1.82, 2.24) is 10.9 Å². The summed E-state index contributed by atoms with van der Waals surface area (Å²) in [6.07, 6.45) is 1.79. The topological polar surface area (TPSA) is 58.2 Å². The van der Waals surface area contributed by atoms with Crippen LogP contribution in [-0.4, -0.2) is 11.8 Å². The van der Waals surface area contributed by atoms with Crippen molar-refractivity contribution in [3.63, 3.8) is 0 Å². The number of hydrazine groups is 1. The Balaban J connectivity index is 1.90. The molecule has 0 fully saturated rings. The van der Waals surface area contributed by atoms with Crippen LogP contribution in [0.5, 0.6) is 0 Å². The van der Waals surface area contributed by atoms with Crippen LogP contribution in [0, 0.1) is 0 Å². The van der Waals surface area contributed by atoms with Gasteiger partial charge in [-0.25, -0.2) is 0 Å².